The first kappa shape index (κ1) is 22.4. The third kappa shape index (κ3) is 4.97. The van der Waals surface area contributed by atoms with Crippen LogP contribution >= 0.6 is 0 Å². The van der Waals surface area contributed by atoms with Crippen LogP contribution in [0.15, 0.2) is 11.6 Å². The molecule has 1 aliphatic carbocycles. The molecule has 5 heteroatoms. The number of allylic oxidation sites excluding steroid dienone is 2. The molecule has 1 rings (SSSR count). The van der Waals surface area contributed by atoms with Gasteiger partial charge in [-0.3, -0.25) is 19.2 Å². The molecule has 1 saturated carbocycles. The molecule has 1 aliphatic rings. The number of rotatable bonds is 8. The number of carbonyl (C=O) groups excluding carboxylic acids is 4. The number of ketones is 4. The van der Waals surface area contributed by atoms with Crippen LogP contribution in [0.2, 0.25) is 0 Å². The van der Waals surface area contributed by atoms with E-state index in [4.69, 9.17) is 0 Å². The van der Waals surface area contributed by atoms with Gasteiger partial charge in [0.1, 0.15) is 5.92 Å². The second-order valence-electron chi connectivity index (χ2n) is 8.49. The fourth-order valence-electron chi connectivity index (χ4n) is 3.25. The van der Waals surface area contributed by atoms with Crippen molar-refractivity contribution in [2.45, 2.75) is 72.8 Å². The molecule has 0 aromatic rings. The van der Waals surface area contributed by atoms with Crippen LogP contribution in [-0.2, 0) is 19.2 Å². The third-order valence-corrected chi connectivity index (χ3v) is 4.80. The van der Waals surface area contributed by atoms with Crippen LogP contribution in [0.25, 0.3) is 0 Å². The SMILES string of the molecule is CC(C)=CCC1C(=O)C(C(=O)CC(C)C)C(=O)[C@@](O)(CCC(C)C)C1=O. The summed E-state index contributed by atoms with van der Waals surface area (Å²) in [7, 11) is 0. The molecule has 0 aliphatic heterocycles. The Morgan fingerprint density at radius 2 is 1.65 bits per heavy atom. The first-order valence-electron chi connectivity index (χ1n) is 9.42. The van der Waals surface area contributed by atoms with Crippen molar-refractivity contribution in [2.24, 2.45) is 23.7 Å². The quantitative estimate of drug-likeness (QED) is 0.528. The molecule has 2 unspecified atom stereocenters. The number of hydrogen-bond donors (Lipinski definition) is 1. The van der Waals surface area contributed by atoms with Crippen LogP contribution in [0.5, 0.6) is 0 Å². The predicted molar refractivity (Wildman–Crippen MR) is 99.5 cm³/mol. The van der Waals surface area contributed by atoms with Crippen LogP contribution in [0.4, 0.5) is 0 Å². The highest BCUT2D eigenvalue weighted by Crippen LogP contribution is 2.35. The van der Waals surface area contributed by atoms with Crippen molar-refractivity contribution in [3.05, 3.63) is 11.6 Å². The highest BCUT2D eigenvalue weighted by atomic mass is 16.3. The molecule has 0 spiro atoms. The Morgan fingerprint density at radius 3 is 2.12 bits per heavy atom. The Balaban J connectivity index is 3.31. The molecular formula is C21H32O5. The van der Waals surface area contributed by atoms with E-state index in [2.05, 4.69) is 0 Å². The first-order chi connectivity index (χ1) is 11.9. The normalized spacial score (nSPS) is 26.6. The van der Waals surface area contributed by atoms with Gasteiger partial charge in [-0.2, -0.15) is 0 Å². The minimum Gasteiger partial charge on any atom is -0.374 e. The topological polar surface area (TPSA) is 88.5 Å². The lowest BCUT2D eigenvalue weighted by Gasteiger charge is -2.37. The van der Waals surface area contributed by atoms with Crippen molar-refractivity contribution in [1.29, 1.82) is 0 Å². The third-order valence-electron chi connectivity index (χ3n) is 4.80. The molecule has 0 radical (unpaired) electrons. The van der Waals surface area contributed by atoms with Crippen molar-refractivity contribution < 1.29 is 24.3 Å². The average Bonchev–Trinajstić information content (AvgIpc) is 2.50. The van der Waals surface area contributed by atoms with Gasteiger partial charge in [-0.25, -0.2) is 0 Å². The van der Waals surface area contributed by atoms with Gasteiger partial charge in [-0.15, -0.1) is 0 Å². The number of carbonyl (C=O) groups is 4. The van der Waals surface area contributed by atoms with Gasteiger partial charge in [0.2, 0.25) is 0 Å². The zero-order valence-electron chi connectivity index (χ0n) is 16.8. The van der Waals surface area contributed by atoms with E-state index in [0.717, 1.165) is 5.57 Å². The summed E-state index contributed by atoms with van der Waals surface area (Å²) in [5.41, 5.74) is -1.31. The summed E-state index contributed by atoms with van der Waals surface area (Å²) in [6, 6.07) is 0. The molecule has 0 saturated heterocycles. The summed E-state index contributed by atoms with van der Waals surface area (Å²) in [6.07, 6.45) is 2.34. The molecule has 3 atom stereocenters. The summed E-state index contributed by atoms with van der Waals surface area (Å²) in [6.45, 7) is 11.2. The molecule has 0 heterocycles. The maximum absolute atomic E-state index is 12.9. The minimum atomic E-state index is -2.24. The summed E-state index contributed by atoms with van der Waals surface area (Å²) < 4.78 is 0. The first-order valence-corrected chi connectivity index (χ1v) is 9.42. The van der Waals surface area contributed by atoms with Crippen molar-refractivity contribution in [3.63, 3.8) is 0 Å². The van der Waals surface area contributed by atoms with Gasteiger partial charge in [0, 0.05) is 6.42 Å². The van der Waals surface area contributed by atoms with Gasteiger partial charge in [0.25, 0.3) is 0 Å². The fraction of sp³-hybridized carbons (Fsp3) is 0.714. The molecule has 0 aromatic carbocycles. The molecule has 1 N–H and O–H groups in total. The summed E-state index contributed by atoms with van der Waals surface area (Å²) in [5.74, 6) is -5.32. The lowest BCUT2D eigenvalue weighted by molar-refractivity contribution is -0.167. The molecule has 5 nitrogen and oxygen atoms in total. The van der Waals surface area contributed by atoms with Crippen molar-refractivity contribution in [3.8, 4) is 0 Å². The molecule has 26 heavy (non-hydrogen) atoms. The second kappa shape index (κ2) is 8.85. The predicted octanol–water partition coefficient (Wildman–Crippen LogP) is 3.08. The van der Waals surface area contributed by atoms with Crippen LogP contribution in [0.3, 0.4) is 0 Å². The van der Waals surface area contributed by atoms with E-state index in [0.29, 0.717) is 6.42 Å². The van der Waals surface area contributed by atoms with Crippen LogP contribution in [0, 0.1) is 23.7 Å². The Kier molecular flexibility index (Phi) is 7.63. The van der Waals surface area contributed by atoms with E-state index >= 15 is 0 Å². The molecule has 0 aromatic heterocycles. The van der Waals surface area contributed by atoms with E-state index in [9.17, 15) is 24.3 Å². The highest BCUT2D eigenvalue weighted by Gasteiger charge is 2.59. The smallest absolute Gasteiger partial charge is 0.189 e. The molecule has 0 amide bonds. The van der Waals surface area contributed by atoms with Crippen LogP contribution in [0.1, 0.15) is 67.2 Å². The Morgan fingerprint density at radius 1 is 1.08 bits per heavy atom. The second-order valence-corrected chi connectivity index (χ2v) is 8.49. The zero-order chi connectivity index (χ0) is 20.2. The maximum atomic E-state index is 12.9. The number of Topliss-reactive ketones (excluding diaryl/α,β-unsaturated/α-hetero) is 4. The minimum absolute atomic E-state index is 0.0132. The van der Waals surface area contributed by atoms with E-state index in [-0.39, 0.29) is 31.1 Å². The zero-order valence-corrected chi connectivity index (χ0v) is 16.8. The van der Waals surface area contributed by atoms with E-state index in [1.165, 1.54) is 0 Å². The van der Waals surface area contributed by atoms with Gasteiger partial charge in [-0.1, -0.05) is 39.3 Å². The molecule has 1 fully saturated rings. The van der Waals surface area contributed by atoms with E-state index in [1.54, 1.807) is 6.08 Å². The van der Waals surface area contributed by atoms with E-state index in [1.807, 2.05) is 41.5 Å². The monoisotopic (exact) mass is 364 g/mol. The van der Waals surface area contributed by atoms with Gasteiger partial charge in [-0.05, 0) is 44.9 Å². The maximum Gasteiger partial charge on any atom is 0.189 e. The number of hydrogen-bond acceptors (Lipinski definition) is 5. The van der Waals surface area contributed by atoms with E-state index < -0.39 is 40.6 Å². The fourth-order valence-corrected chi connectivity index (χ4v) is 3.25. The summed E-state index contributed by atoms with van der Waals surface area (Å²) >= 11 is 0. The summed E-state index contributed by atoms with van der Waals surface area (Å²) in [5, 5.41) is 10.9. The summed E-state index contributed by atoms with van der Waals surface area (Å²) in [4.78, 5) is 51.1. The molecule has 146 valence electrons. The molecule has 0 bridgehead atoms. The lowest BCUT2D eigenvalue weighted by Crippen LogP contribution is -2.62. The Hall–Kier alpha value is -1.62. The Labute approximate surface area is 156 Å². The van der Waals surface area contributed by atoms with Gasteiger partial charge >= 0.3 is 0 Å². The highest BCUT2D eigenvalue weighted by molar-refractivity contribution is 6.35. The average molecular weight is 364 g/mol. The van der Waals surface area contributed by atoms with Gasteiger partial charge < -0.3 is 5.11 Å². The van der Waals surface area contributed by atoms with Crippen molar-refractivity contribution >= 4 is 23.1 Å². The van der Waals surface area contributed by atoms with Crippen LogP contribution in [-0.4, -0.2) is 33.8 Å². The van der Waals surface area contributed by atoms with Gasteiger partial charge in [0.05, 0.1) is 5.92 Å². The van der Waals surface area contributed by atoms with Crippen molar-refractivity contribution in [1.82, 2.24) is 0 Å². The largest absolute Gasteiger partial charge is 0.374 e. The molecular weight excluding hydrogens is 332 g/mol. The van der Waals surface area contributed by atoms with Crippen molar-refractivity contribution in [2.75, 3.05) is 0 Å². The lowest BCUT2D eigenvalue weighted by atomic mass is 9.65. The Bertz CT molecular complexity index is 610. The standard InChI is InChI=1S/C21H32O5/c1-12(2)7-8-15-18(23)17(16(22)11-14(5)6)20(25)21(26,19(15)24)10-9-13(3)4/h7,13-15,17,26H,8-11H2,1-6H3/t15?,17?,21-/m1/s1. The van der Waals surface area contributed by atoms with Crippen LogP contribution < -0.4 is 0 Å². The van der Waals surface area contributed by atoms with Gasteiger partial charge in [0.15, 0.2) is 28.7 Å². The number of aliphatic hydroxyl groups is 1.